The summed E-state index contributed by atoms with van der Waals surface area (Å²) in [4.78, 5) is 0. The average molecular weight is 159 g/mol. The van der Waals surface area contributed by atoms with Crippen LogP contribution in [0.25, 0.3) is 0 Å². The molecular weight excluding hydrogens is 149 g/mol. The van der Waals surface area contributed by atoms with Gasteiger partial charge >= 0.3 is 0 Å². The fourth-order valence-electron chi connectivity index (χ4n) is 1.09. The molecule has 1 aliphatic heterocycles. The zero-order valence-electron chi connectivity index (χ0n) is 5.84. The van der Waals surface area contributed by atoms with Gasteiger partial charge < -0.3 is 20.2 Å². The van der Waals surface area contributed by atoms with Crippen LogP contribution >= 0.6 is 0 Å². The van der Waals surface area contributed by atoms with Gasteiger partial charge in [0, 0.05) is 6.00 Å². The molecule has 1 rings (SSSR count). The summed E-state index contributed by atoms with van der Waals surface area (Å²) in [5.41, 5.74) is 1.82. The lowest BCUT2D eigenvalue weighted by Gasteiger charge is -2.14. The van der Waals surface area contributed by atoms with E-state index in [4.69, 9.17) is 22.9 Å². The van der Waals surface area contributed by atoms with Crippen molar-refractivity contribution < 1.29 is 20.2 Å². The smallest absolute Gasteiger partial charge is 0.111 e. The average Bonchev–Trinajstić information content (AvgIpc) is 2.26. The van der Waals surface area contributed by atoms with Crippen LogP contribution in [0.2, 0.25) is 0 Å². The van der Waals surface area contributed by atoms with E-state index in [1.165, 1.54) is 0 Å². The summed E-state index contributed by atoms with van der Waals surface area (Å²) in [6.07, 6.45) is -1.69. The highest BCUT2D eigenvalue weighted by atomic mass is 16.5. The molecule has 0 spiro atoms. The molecule has 1 saturated heterocycles. The first-order valence-electron chi connectivity index (χ1n) is 3.30. The lowest BCUT2D eigenvalue weighted by Crippen LogP contribution is -2.43. The molecule has 0 aromatic carbocycles. The van der Waals surface area contributed by atoms with Gasteiger partial charge in [-0.1, -0.05) is 0 Å². The summed E-state index contributed by atoms with van der Waals surface area (Å²) >= 11 is 0. The number of nitrogens with one attached hydrogen (secondary N) is 1. The minimum absolute atomic E-state index is 0.312. The Kier molecular flexibility index (Phi) is 2.86. The Morgan fingerprint density at radius 2 is 2.18 bits per heavy atom. The molecule has 0 amide bonds. The minimum atomic E-state index is -0.972. The molecule has 0 bridgehead atoms. The topological polar surface area (TPSA) is 82.0 Å². The second kappa shape index (κ2) is 3.51. The molecule has 1 aliphatic rings. The van der Waals surface area contributed by atoms with Gasteiger partial charge in [0.25, 0.3) is 0 Å². The molecule has 0 aliphatic carbocycles. The number of hydrogen-bond acceptors (Lipinski definition) is 5. The Morgan fingerprint density at radius 1 is 1.55 bits per heavy atom. The lowest BCUT2D eigenvalue weighted by molar-refractivity contribution is -0.00642. The molecule has 62 valence electrons. The third-order valence-corrected chi connectivity index (χ3v) is 1.76. The number of hydrogen-bond donors (Lipinski definition) is 4. The van der Waals surface area contributed by atoms with Crippen molar-refractivity contribution >= 4 is 7.85 Å². The highest BCUT2D eigenvalue weighted by Gasteiger charge is 2.40. The van der Waals surface area contributed by atoms with Gasteiger partial charge in [-0.2, -0.15) is 5.48 Å². The first kappa shape index (κ1) is 8.96. The van der Waals surface area contributed by atoms with Crippen LogP contribution in [0.3, 0.4) is 0 Å². The molecule has 11 heavy (non-hydrogen) atoms. The molecule has 1 fully saturated rings. The fraction of sp³-hybridized carbons (Fsp3) is 1.00. The molecule has 1 heterocycles. The van der Waals surface area contributed by atoms with E-state index in [0.717, 1.165) is 0 Å². The van der Waals surface area contributed by atoms with Gasteiger partial charge in [0.2, 0.25) is 0 Å². The summed E-state index contributed by atoms with van der Waals surface area (Å²) in [6.45, 7) is -0.312. The van der Waals surface area contributed by atoms with E-state index in [0.29, 0.717) is 0 Å². The second-order valence-electron chi connectivity index (χ2n) is 2.47. The van der Waals surface area contributed by atoms with Gasteiger partial charge in [-0.15, -0.1) is 0 Å². The molecule has 0 aromatic heterocycles. The summed E-state index contributed by atoms with van der Waals surface area (Å²) in [5.74, 6) is 0. The molecule has 4 atom stereocenters. The third-order valence-electron chi connectivity index (χ3n) is 1.76. The summed E-state index contributed by atoms with van der Waals surface area (Å²) < 4.78 is 4.88. The van der Waals surface area contributed by atoms with Crippen molar-refractivity contribution in [3.8, 4) is 0 Å². The van der Waals surface area contributed by atoms with Gasteiger partial charge in [-0.25, -0.2) is 0 Å². The third kappa shape index (κ3) is 1.55. The van der Waals surface area contributed by atoms with Crippen LogP contribution in [0, 0.1) is 0 Å². The zero-order valence-corrected chi connectivity index (χ0v) is 5.84. The first-order chi connectivity index (χ1) is 5.20. The Bertz CT molecular complexity index is 136. The normalized spacial score (nSPS) is 44.6. The summed E-state index contributed by atoms with van der Waals surface area (Å²) in [7, 11) is 5.33. The van der Waals surface area contributed by atoms with Gasteiger partial charge in [0.05, 0.1) is 12.6 Å². The van der Waals surface area contributed by atoms with Crippen LogP contribution in [0.1, 0.15) is 0 Å². The van der Waals surface area contributed by atoms with Crippen molar-refractivity contribution in [1.82, 2.24) is 5.48 Å². The predicted octanol–water partition coefficient (Wildman–Crippen LogP) is -2.42. The zero-order chi connectivity index (χ0) is 8.43. The Labute approximate surface area is 65.3 Å². The second-order valence-corrected chi connectivity index (χ2v) is 2.47. The van der Waals surface area contributed by atoms with Crippen LogP contribution < -0.4 is 5.48 Å². The molecule has 0 aromatic rings. The van der Waals surface area contributed by atoms with Crippen molar-refractivity contribution in [2.75, 3.05) is 6.61 Å². The van der Waals surface area contributed by atoms with E-state index in [9.17, 15) is 5.11 Å². The maximum Gasteiger partial charge on any atom is 0.111 e. The maximum absolute atomic E-state index is 9.23. The molecule has 0 saturated carbocycles. The van der Waals surface area contributed by atoms with Crippen LogP contribution in [-0.2, 0) is 4.74 Å². The van der Waals surface area contributed by atoms with E-state index in [1.54, 1.807) is 0 Å². The quantitative estimate of drug-likeness (QED) is 0.266. The van der Waals surface area contributed by atoms with Crippen molar-refractivity contribution in [2.45, 2.75) is 24.3 Å². The standard InChI is InChI=1S/C5H10BNO4/c6-5-3(7-10)4(9)2(1-8)11-5/h2-5,7-10H,1H2/t2-,3?,4?,5-/m1/s1. The van der Waals surface area contributed by atoms with Gasteiger partial charge in [-0.05, 0) is 0 Å². The minimum Gasteiger partial charge on any atom is -0.394 e. The van der Waals surface area contributed by atoms with Gasteiger partial charge in [0.15, 0.2) is 0 Å². The number of hydroxylamine groups is 1. The summed E-state index contributed by atoms with van der Waals surface area (Å²) in [5, 5.41) is 26.3. The van der Waals surface area contributed by atoms with E-state index in [1.807, 2.05) is 5.48 Å². The van der Waals surface area contributed by atoms with Crippen LogP contribution in [0.5, 0.6) is 0 Å². The molecule has 6 heteroatoms. The fourth-order valence-corrected chi connectivity index (χ4v) is 1.09. The first-order valence-corrected chi connectivity index (χ1v) is 3.30. The van der Waals surface area contributed by atoms with Crippen LogP contribution in [0.4, 0.5) is 0 Å². The van der Waals surface area contributed by atoms with Crippen molar-refractivity contribution in [3.05, 3.63) is 0 Å². The lowest BCUT2D eigenvalue weighted by atomic mass is 9.91. The van der Waals surface area contributed by atoms with Crippen molar-refractivity contribution in [1.29, 1.82) is 0 Å². The number of aliphatic hydroxyl groups is 2. The van der Waals surface area contributed by atoms with E-state index in [2.05, 4.69) is 0 Å². The number of rotatable bonds is 2. The van der Waals surface area contributed by atoms with E-state index < -0.39 is 24.3 Å². The van der Waals surface area contributed by atoms with E-state index in [-0.39, 0.29) is 6.61 Å². The predicted molar refractivity (Wildman–Crippen MR) is 36.2 cm³/mol. The molecule has 2 unspecified atom stereocenters. The van der Waals surface area contributed by atoms with Crippen molar-refractivity contribution in [2.24, 2.45) is 0 Å². The monoisotopic (exact) mass is 159 g/mol. The van der Waals surface area contributed by atoms with E-state index >= 15 is 0 Å². The van der Waals surface area contributed by atoms with Gasteiger partial charge in [0.1, 0.15) is 20.1 Å². The SMILES string of the molecule is [B][C@@H]1O[C@H](CO)C(O)C1NO. The summed E-state index contributed by atoms with van der Waals surface area (Å²) in [6, 6.07) is -1.51. The number of aliphatic hydroxyl groups excluding tert-OH is 2. The molecular formula is C5H10BNO4. The Balaban J connectivity index is 2.55. The Morgan fingerprint density at radius 3 is 2.45 bits per heavy atom. The largest absolute Gasteiger partial charge is 0.394 e. The Hall–Kier alpha value is -0.135. The number of ether oxygens (including phenoxy) is 1. The highest BCUT2D eigenvalue weighted by Crippen LogP contribution is 2.18. The van der Waals surface area contributed by atoms with Crippen LogP contribution in [-0.4, -0.2) is 54.1 Å². The molecule has 4 N–H and O–H groups in total. The molecule has 2 radical (unpaired) electrons. The van der Waals surface area contributed by atoms with Crippen LogP contribution in [0.15, 0.2) is 0 Å². The highest BCUT2D eigenvalue weighted by molar-refractivity contribution is 6.11. The van der Waals surface area contributed by atoms with Crippen molar-refractivity contribution in [3.63, 3.8) is 0 Å². The molecule has 5 nitrogen and oxygen atoms in total. The maximum atomic E-state index is 9.23. The van der Waals surface area contributed by atoms with Gasteiger partial charge in [-0.3, -0.25) is 0 Å².